The van der Waals surface area contributed by atoms with Crippen LogP contribution in [0.5, 0.6) is 0 Å². The predicted octanol–water partition coefficient (Wildman–Crippen LogP) is 3.45. The lowest BCUT2D eigenvalue weighted by atomic mass is 10.0. The largest absolute Gasteiger partial charge is 0.338 e. The molecule has 1 aromatic carbocycles. The summed E-state index contributed by atoms with van der Waals surface area (Å²) < 4.78 is 33.7. The van der Waals surface area contributed by atoms with Crippen LogP contribution in [0.4, 0.5) is 14.5 Å². The van der Waals surface area contributed by atoms with E-state index in [1.54, 1.807) is 27.7 Å². The molecule has 0 aliphatic heterocycles. The van der Waals surface area contributed by atoms with Crippen molar-refractivity contribution in [1.29, 1.82) is 0 Å². The Kier molecular flexibility index (Phi) is 8.45. The zero-order chi connectivity index (χ0) is 28.4. The number of halogens is 2. The van der Waals surface area contributed by atoms with Crippen LogP contribution in [0.1, 0.15) is 63.2 Å². The number of amides is 2. The Morgan fingerprint density at radius 2 is 1.84 bits per heavy atom. The molecule has 2 aromatic heterocycles. The van der Waals surface area contributed by atoms with Gasteiger partial charge in [0.15, 0.2) is 5.82 Å². The van der Waals surface area contributed by atoms with Crippen molar-refractivity contribution in [2.24, 2.45) is 0 Å². The van der Waals surface area contributed by atoms with E-state index >= 15 is 0 Å². The zero-order valence-corrected chi connectivity index (χ0v) is 22.5. The Bertz CT molecular complexity index is 1380. The maximum atomic E-state index is 13.6. The van der Waals surface area contributed by atoms with Gasteiger partial charge in [-0.15, -0.1) is 0 Å². The second-order valence-electron chi connectivity index (χ2n) is 9.85. The monoisotopic (exact) mass is 530 g/mol. The molecule has 0 saturated heterocycles. The van der Waals surface area contributed by atoms with Crippen molar-refractivity contribution < 1.29 is 27.7 Å². The van der Waals surface area contributed by atoms with Gasteiger partial charge in [0, 0.05) is 11.4 Å². The fraction of sp³-hybridized carbons (Fsp3) is 0.423. The second kappa shape index (κ2) is 11.2. The number of carbonyl (C=O) groups is 3. The number of aryl methyl sites for hydroxylation is 1. The standard InChI is InChI=1S/C26H32F2N6O4/c1-14-12-17(8-9-18(14)28)29-23(36)20-15(2)21(34(11-10-27)16(20)3)22(35)24(37)31-26(4,5)25-30-19(32-38-25)13-33(6)7/h8-9,12H,10-11,13H2,1-7H3,(H,29,36)(H,31,37). The first-order chi connectivity index (χ1) is 17.8. The van der Waals surface area contributed by atoms with Crippen LogP contribution in [0.25, 0.3) is 0 Å². The minimum atomic E-state index is -1.19. The molecule has 0 radical (unpaired) electrons. The third-order valence-corrected chi connectivity index (χ3v) is 6.03. The summed E-state index contributed by atoms with van der Waals surface area (Å²) in [4.78, 5) is 45.7. The first-order valence-corrected chi connectivity index (χ1v) is 11.9. The number of carbonyl (C=O) groups excluding carboxylic acids is 3. The Balaban J connectivity index is 1.90. The molecule has 204 valence electrons. The molecule has 0 unspecified atom stereocenters. The molecule has 12 heteroatoms. The number of hydrogen-bond acceptors (Lipinski definition) is 7. The van der Waals surface area contributed by atoms with Crippen LogP contribution < -0.4 is 10.6 Å². The van der Waals surface area contributed by atoms with Gasteiger partial charge in [-0.2, -0.15) is 4.98 Å². The number of anilines is 1. The molecule has 2 N–H and O–H groups in total. The Morgan fingerprint density at radius 3 is 2.45 bits per heavy atom. The highest BCUT2D eigenvalue weighted by molar-refractivity contribution is 6.43. The van der Waals surface area contributed by atoms with Crippen molar-refractivity contribution in [3.05, 3.63) is 63.8 Å². The number of alkyl halides is 1. The lowest BCUT2D eigenvalue weighted by molar-refractivity contribution is -0.118. The highest BCUT2D eigenvalue weighted by Crippen LogP contribution is 2.26. The van der Waals surface area contributed by atoms with Crippen molar-refractivity contribution in [3.8, 4) is 0 Å². The second-order valence-corrected chi connectivity index (χ2v) is 9.85. The van der Waals surface area contributed by atoms with Crippen LogP contribution in [-0.4, -0.2) is 58.0 Å². The van der Waals surface area contributed by atoms with E-state index in [-0.39, 0.29) is 29.3 Å². The Labute approximate surface area is 219 Å². The third kappa shape index (κ3) is 5.96. The van der Waals surface area contributed by atoms with Gasteiger partial charge in [0.2, 0.25) is 0 Å². The highest BCUT2D eigenvalue weighted by Gasteiger charge is 2.35. The summed E-state index contributed by atoms with van der Waals surface area (Å²) in [5, 5.41) is 9.17. The number of hydrogen-bond donors (Lipinski definition) is 2. The summed E-state index contributed by atoms with van der Waals surface area (Å²) >= 11 is 0. The topological polar surface area (TPSA) is 122 Å². The molecule has 0 bridgehead atoms. The fourth-order valence-electron chi connectivity index (χ4n) is 4.16. The molecule has 0 aliphatic rings. The molecule has 0 fully saturated rings. The Morgan fingerprint density at radius 1 is 1.16 bits per heavy atom. The van der Waals surface area contributed by atoms with Gasteiger partial charge in [-0.3, -0.25) is 14.4 Å². The molecule has 0 atom stereocenters. The van der Waals surface area contributed by atoms with E-state index in [1.165, 1.54) is 29.7 Å². The van der Waals surface area contributed by atoms with Crippen LogP contribution in [0.15, 0.2) is 22.7 Å². The SMILES string of the molecule is Cc1cc(NC(=O)c2c(C)c(C(=O)C(=O)NC(C)(C)c3nc(CN(C)C)no3)n(CCF)c2C)ccc1F. The number of Topliss-reactive ketones (excluding diaryl/α,β-unsaturated/α-hetero) is 1. The van der Waals surface area contributed by atoms with Gasteiger partial charge >= 0.3 is 0 Å². The minimum Gasteiger partial charge on any atom is -0.338 e. The fourth-order valence-corrected chi connectivity index (χ4v) is 4.16. The lowest BCUT2D eigenvalue weighted by Gasteiger charge is -2.21. The summed E-state index contributed by atoms with van der Waals surface area (Å²) in [7, 11) is 3.68. The van der Waals surface area contributed by atoms with Crippen molar-refractivity contribution >= 4 is 23.3 Å². The lowest BCUT2D eigenvalue weighted by Crippen LogP contribution is -2.45. The molecule has 0 aliphatic carbocycles. The van der Waals surface area contributed by atoms with Crippen LogP contribution in [0.2, 0.25) is 0 Å². The van der Waals surface area contributed by atoms with Gasteiger partial charge in [-0.05, 0) is 78.0 Å². The normalized spacial score (nSPS) is 11.6. The molecular formula is C26H32F2N6O4. The molecule has 38 heavy (non-hydrogen) atoms. The van der Waals surface area contributed by atoms with Crippen molar-refractivity contribution in [2.75, 3.05) is 26.1 Å². The number of nitrogens with one attached hydrogen (secondary N) is 2. The maximum Gasteiger partial charge on any atom is 0.294 e. The van der Waals surface area contributed by atoms with E-state index in [4.69, 9.17) is 4.52 Å². The van der Waals surface area contributed by atoms with E-state index in [2.05, 4.69) is 20.8 Å². The Hall–Kier alpha value is -3.93. The zero-order valence-electron chi connectivity index (χ0n) is 22.5. The average Bonchev–Trinajstić information content (AvgIpc) is 3.38. The van der Waals surface area contributed by atoms with Crippen LogP contribution in [-0.2, 0) is 23.4 Å². The molecule has 10 nitrogen and oxygen atoms in total. The predicted molar refractivity (Wildman–Crippen MR) is 136 cm³/mol. The van der Waals surface area contributed by atoms with Crippen LogP contribution >= 0.6 is 0 Å². The number of nitrogens with zero attached hydrogens (tertiary/aromatic N) is 4. The first kappa shape index (κ1) is 28.6. The van der Waals surface area contributed by atoms with E-state index in [9.17, 15) is 23.2 Å². The molecule has 3 aromatic rings. The van der Waals surface area contributed by atoms with Gasteiger partial charge in [0.05, 0.1) is 24.3 Å². The number of benzene rings is 1. The van der Waals surface area contributed by atoms with Crippen molar-refractivity contribution in [2.45, 2.75) is 53.2 Å². The minimum absolute atomic E-state index is 0.104. The van der Waals surface area contributed by atoms with Crippen molar-refractivity contribution in [1.82, 2.24) is 24.9 Å². The third-order valence-electron chi connectivity index (χ3n) is 6.03. The van der Waals surface area contributed by atoms with Crippen LogP contribution in [0, 0.1) is 26.6 Å². The van der Waals surface area contributed by atoms with E-state index in [0.29, 0.717) is 29.3 Å². The quantitative estimate of drug-likeness (QED) is 0.304. The van der Waals surface area contributed by atoms with Gasteiger partial charge < -0.3 is 24.6 Å². The van der Waals surface area contributed by atoms with Crippen LogP contribution in [0.3, 0.4) is 0 Å². The van der Waals surface area contributed by atoms with Crippen molar-refractivity contribution in [3.63, 3.8) is 0 Å². The van der Waals surface area contributed by atoms with E-state index < -0.39 is 35.6 Å². The van der Waals surface area contributed by atoms with E-state index in [1.807, 2.05) is 19.0 Å². The highest BCUT2D eigenvalue weighted by atomic mass is 19.1. The average molecular weight is 531 g/mol. The number of rotatable bonds is 10. The molecular weight excluding hydrogens is 498 g/mol. The molecule has 3 rings (SSSR count). The summed E-state index contributed by atoms with van der Waals surface area (Å²) in [6, 6.07) is 4.11. The molecule has 0 saturated carbocycles. The summed E-state index contributed by atoms with van der Waals surface area (Å²) in [6.45, 7) is 7.22. The molecule has 2 amide bonds. The van der Waals surface area contributed by atoms with Gasteiger partial charge in [0.25, 0.3) is 23.5 Å². The number of aromatic nitrogens is 3. The smallest absolute Gasteiger partial charge is 0.294 e. The number of ketones is 1. The maximum absolute atomic E-state index is 13.6. The summed E-state index contributed by atoms with van der Waals surface area (Å²) in [5.41, 5.74) is 0.0657. The van der Waals surface area contributed by atoms with Gasteiger partial charge in [-0.25, -0.2) is 8.78 Å². The van der Waals surface area contributed by atoms with Gasteiger partial charge in [0.1, 0.15) is 18.0 Å². The molecule has 0 spiro atoms. The molecule has 2 heterocycles. The summed E-state index contributed by atoms with van der Waals surface area (Å²) in [5.74, 6) is -2.40. The summed E-state index contributed by atoms with van der Waals surface area (Å²) in [6.07, 6.45) is 0. The first-order valence-electron chi connectivity index (χ1n) is 11.9. The van der Waals surface area contributed by atoms with E-state index in [0.717, 1.165) is 0 Å². The van der Waals surface area contributed by atoms with Gasteiger partial charge in [-0.1, -0.05) is 5.16 Å².